The third kappa shape index (κ3) is 3.97. The summed E-state index contributed by atoms with van der Waals surface area (Å²) in [4.78, 5) is 17.2. The molecule has 0 unspecified atom stereocenters. The number of ether oxygens (including phenoxy) is 1. The van der Waals surface area contributed by atoms with E-state index in [1.54, 1.807) is 12.1 Å². The number of hydrogen-bond donors (Lipinski definition) is 1. The highest BCUT2D eigenvalue weighted by atomic mass is 19.1. The molecule has 0 fully saturated rings. The molecular formula is C25H19FN6O2. The van der Waals surface area contributed by atoms with E-state index in [1.807, 2.05) is 31.2 Å². The molecule has 0 radical (unpaired) electrons. The van der Waals surface area contributed by atoms with Gasteiger partial charge in [-0.2, -0.15) is 14.9 Å². The summed E-state index contributed by atoms with van der Waals surface area (Å²) in [6.07, 6.45) is 7.04. The standard InChI is InChI=1S/C25H19FN6O2/c1-3-11-34-19-6-4-5-17(12-19)20-13-22(33)29-24-23(20)15(2)31-32(24)25-28-21(14-27-30-25)16-7-9-18(26)10-8-16/h1,4-10,12,14,20H,11,13H2,2H3,(H,29,33)/t20-/m1/s1. The van der Waals surface area contributed by atoms with E-state index in [0.717, 1.165) is 16.8 Å². The number of carbonyl (C=O) groups excluding carboxylic acids is 1. The van der Waals surface area contributed by atoms with Crippen LogP contribution in [0.5, 0.6) is 5.75 Å². The number of amides is 1. The lowest BCUT2D eigenvalue weighted by atomic mass is 9.86. The van der Waals surface area contributed by atoms with Crippen LogP contribution < -0.4 is 10.1 Å². The topological polar surface area (TPSA) is 94.8 Å². The van der Waals surface area contributed by atoms with E-state index in [9.17, 15) is 9.18 Å². The van der Waals surface area contributed by atoms with Crippen molar-refractivity contribution in [3.63, 3.8) is 0 Å². The van der Waals surface area contributed by atoms with Gasteiger partial charge in [0.25, 0.3) is 5.95 Å². The van der Waals surface area contributed by atoms with Gasteiger partial charge in [0.15, 0.2) is 0 Å². The number of halogens is 1. The molecule has 2 aromatic carbocycles. The molecule has 0 saturated carbocycles. The summed E-state index contributed by atoms with van der Waals surface area (Å²) in [6, 6.07) is 13.4. The van der Waals surface area contributed by atoms with E-state index in [-0.39, 0.29) is 36.6 Å². The Morgan fingerprint density at radius 2 is 2.09 bits per heavy atom. The second kappa shape index (κ2) is 8.75. The second-order valence-corrected chi connectivity index (χ2v) is 7.78. The van der Waals surface area contributed by atoms with Crippen LogP contribution in [0, 0.1) is 25.1 Å². The highest BCUT2D eigenvalue weighted by Gasteiger charge is 2.33. The van der Waals surface area contributed by atoms with Gasteiger partial charge >= 0.3 is 0 Å². The van der Waals surface area contributed by atoms with Crippen molar-refractivity contribution in [1.82, 2.24) is 25.0 Å². The Morgan fingerprint density at radius 3 is 2.88 bits per heavy atom. The molecule has 0 saturated heterocycles. The molecule has 168 valence electrons. The molecule has 8 nitrogen and oxygen atoms in total. The zero-order chi connectivity index (χ0) is 23.7. The third-order valence-electron chi connectivity index (χ3n) is 5.56. The molecule has 4 aromatic rings. The Morgan fingerprint density at radius 1 is 1.26 bits per heavy atom. The Hall–Kier alpha value is -4.58. The number of terminal acetylenes is 1. The molecule has 0 bridgehead atoms. The lowest BCUT2D eigenvalue weighted by Gasteiger charge is -2.24. The van der Waals surface area contributed by atoms with Crippen molar-refractivity contribution < 1.29 is 13.9 Å². The SMILES string of the molecule is C#CCOc1cccc([C@H]2CC(=O)Nc3c2c(C)nn3-c2nncc(-c3ccc(F)cc3)n2)c1. The molecule has 5 rings (SSSR count). The zero-order valence-corrected chi connectivity index (χ0v) is 18.2. The van der Waals surface area contributed by atoms with Gasteiger partial charge in [0.2, 0.25) is 5.91 Å². The minimum Gasteiger partial charge on any atom is -0.481 e. The number of aromatic nitrogens is 5. The van der Waals surface area contributed by atoms with E-state index in [1.165, 1.54) is 23.0 Å². The van der Waals surface area contributed by atoms with Crippen molar-refractivity contribution in [2.45, 2.75) is 19.3 Å². The number of benzene rings is 2. The molecular weight excluding hydrogens is 435 g/mol. The fourth-order valence-corrected chi connectivity index (χ4v) is 4.07. The average Bonchev–Trinajstić information content (AvgIpc) is 3.19. The smallest absolute Gasteiger partial charge is 0.272 e. The first-order valence-electron chi connectivity index (χ1n) is 10.5. The number of nitrogens with zero attached hydrogens (tertiary/aromatic N) is 5. The highest BCUT2D eigenvalue weighted by molar-refractivity contribution is 5.95. The van der Waals surface area contributed by atoms with E-state index in [2.05, 4.69) is 31.5 Å². The van der Waals surface area contributed by atoms with E-state index >= 15 is 0 Å². The maximum Gasteiger partial charge on any atom is 0.272 e. The minimum atomic E-state index is -0.342. The number of fused-ring (bicyclic) bond motifs is 1. The number of aryl methyl sites for hydroxylation is 1. The molecule has 0 spiro atoms. The first-order valence-corrected chi connectivity index (χ1v) is 10.5. The van der Waals surface area contributed by atoms with Crippen LogP contribution in [0.2, 0.25) is 0 Å². The molecule has 9 heteroatoms. The number of anilines is 1. The monoisotopic (exact) mass is 454 g/mol. The number of carbonyl (C=O) groups is 1. The average molecular weight is 454 g/mol. The van der Waals surface area contributed by atoms with E-state index in [0.29, 0.717) is 22.8 Å². The van der Waals surface area contributed by atoms with Crippen LogP contribution >= 0.6 is 0 Å². The number of hydrogen-bond acceptors (Lipinski definition) is 6. The van der Waals surface area contributed by atoms with Crippen molar-refractivity contribution in [1.29, 1.82) is 0 Å². The van der Waals surface area contributed by atoms with Crippen molar-refractivity contribution >= 4 is 11.7 Å². The lowest BCUT2D eigenvalue weighted by molar-refractivity contribution is -0.116. The zero-order valence-electron chi connectivity index (χ0n) is 18.2. The Balaban J connectivity index is 1.56. The van der Waals surface area contributed by atoms with Crippen molar-refractivity contribution in [2.24, 2.45) is 0 Å². The summed E-state index contributed by atoms with van der Waals surface area (Å²) in [5.74, 6) is 3.03. The second-order valence-electron chi connectivity index (χ2n) is 7.78. The first kappa shape index (κ1) is 21.3. The summed E-state index contributed by atoms with van der Waals surface area (Å²) < 4.78 is 20.4. The maximum absolute atomic E-state index is 13.3. The first-order chi connectivity index (χ1) is 16.5. The summed E-state index contributed by atoms with van der Waals surface area (Å²) in [5, 5.41) is 15.7. The molecule has 1 N–H and O–H groups in total. The fourth-order valence-electron chi connectivity index (χ4n) is 4.07. The molecule has 3 heterocycles. The Bertz CT molecular complexity index is 1420. The molecule has 1 aliphatic heterocycles. The predicted octanol–water partition coefficient (Wildman–Crippen LogP) is 3.66. The van der Waals surface area contributed by atoms with Crippen LogP contribution in [0.1, 0.15) is 29.2 Å². The maximum atomic E-state index is 13.3. The van der Waals surface area contributed by atoms with Gasteiger partial charge in [-0.05, 0) is 48.9 Å². The largest absolute Gasteiger partial charge is 0.481 e. The van der Waals surface area contributed by atoms with Crippen LogP contribution in [-0.2, 0) is 4.79 Å². The summed E-state index contributed by atoms with van der Waals surface area (Å²) in [6.45, 7) is 2.03. The van der Waals surface area contributed by atoms with E-state index < -0.39 is 0 Å². The summed E-state index contributed by atoms with van der Waals surface area (Å²) in [7, 11) is 0. The van der Waals surface area contributed by atoms with Gasteiger partial charge < -0.3 is 10.1 Å². The molecule has 1 atom stereocenters. The van der Waals surface area contributed by atoms with Gasteiger partial charge in [-0.25, -0.2) is 9.37 Å². The fraction of sp³-hybridized carbons (Fsp3) is 0.160. The summed E-state index contributed by atoms with van der Waals surface area (Å²) in [5.41, 5.74) is 3.69. The van der Waals surface area contributed by atoms with Gasteiger partial charge in [-0.15, -0.1) is 11.5 Å². The molecule has 0 aliphatic carbocycles. The van der Waals surface area contributed by atoms with Crippen LogP contribution in [0.3, 0.4) is 0 Å². The van der Waals surface area contributed by atoms with Gasteiger partial charge in [-0.3, -0.25) is 4.79 Å². The minimum absolute atomic E-state index is 0.156. The number of rotatable bonds is 5. The van der Waals surface area contributed by atoms with Gasteiger partial charge in [0.1, 0.15) is 24.0 Å². The molecule has 1 aliphatic rings. The van der Waals surface area contributed by atoms with Crippen LogP contribution in [-0.4, -0.2) is 37.5 Å². The quantitative estimate of drug-likeness (QED) is 0.463. The Kier molecular flexibility index (Phi) is 5.47. The van der Waals surface area contributed by atoms with Crippen molar-refractivity contribution in [3.05, 3.63) is 77.4 Å². The van der Waals surface area contributed by atoms with Crippen LogP contribution in [0.15, 0.2) is 54.7 Å². The van der Waals surface area contributed by atoms with Crippen molar-refractivity contribution in [2.75, 3.05) is 11.9 Å². The highest BCUT2D eigenvalue weighted by Crippen LogP contribution is 2.40. The molecule has 1 amide bonds. The van der Waals surface area contributed by atoms with Gasteiger partial charge in [-0.1, -0.05) is 18.1 Å². The van der Waals surface area contributed by atoms with Gasteiger partial charge in [0, 0.05) is 23.5 Å². The van der Waals surface area contributed by atoms with Crippen molar-refractivity contribution in [3.8, 4) is 35.3 Å². The normalized spacial score (nSPS) is 14.7. The third-order valence-corrected chi connectivity index (χ3v) is 5.56. The van der Waals surface area contributed by atoms with Crippen LogP contribution in [0.4, 0.5) is 10.2 Å². The summed E-state index contributed by atoms with van der Waals surface area (Å²) >= 11 is 0. The van der Waals surface area contributed by atoms with E-state index in [4.69, 9.17) is 11.2 Å². The predicted molar refractivity (Wildman–Crippen MR) is 123 cm³/mol. The van der Waals surface area contributed by atoms with Gasteiger partial charge in [0.05, 0.1) is 17.6 Å². The lowest BCUT2D eigenvalue weighted by Crippen LogP contribution is -2.25. The molecule has 34 heavy (non-hydrogen) atoms. The molecule has 2 aromatic heterocycles. The van der Waals surface area contributed by atoms with Crippen LogP contribution in [0.25, 0.3) is 17.2 Å². The Labute approximate surface area is 194 Å². The number of nitrogens with one attached hydrogen (secondary N) is 1.